The van der Waals surface area contributed by atoms with E-state index in [0.29, 0.717) is 17.8 Å². The topological polar surface area (TPSA) is 53.5 Å². The molecule has 17 heavy (non-hydrogen) atoms. The Morgan fingerprint density at radius 1 is 1.59 bits per heavy atom. The predicted molar refractivity (Wildman–Crippen MR) is 74.4 cm³/mol. The van der Waals surface area contributed by atoms with Crippen LogP contribution in [0.3, 0.4) is 0 Å². The number of nitrogens with zero attached hydrogens (tertiary/aromatic N) is 1. The molecule has 0 aromatic rings. The Labute approximate surface area is 108 Å². The lowest BCUT2D eigenvalue weighted by Gasteiger charge is -2.28. The summed E-state index contributed by atoms with van der Waals surface area (Å²) in [5.74, 6) is 0.0313. The van der Waals surface area contributed by atoms with E-state index in [1.54, 1.807) is 18.8 Å². The van der Waals surface area contributed by atoms with Crippen LogP contribution in [-0.4, -0.2) is 36.0 Å². The molecule has 1 fully saturated rings. The summed E-state index contributed by atoms with van der Waals surface area (Å²) >= 11 is 1.76. The van der Waals surface area contributed by atoms with Gasteiger partial charge in [0, 0.05) is 18.3 Å². The molecule has 4 nitrogen and oxygen atoms in total. The summed E-state index contributed by atoms with van der Waals surface area (Å²) < 4.78 is 0. The fourth-order valence-corrected chi connectivity index (χ4v) is 2.98. The Kier molecular flexibility index (Phi) is 4.86. The van der Waals surface area contributed by atoms with E-state index in [1.165, 1.54) is 0 Å². The van der Waals surface area contributed by atoms with Gasteiger partial charge in [-0.25, -0.2) is 0 Å². The van der Waals surface area contributed by atoms with Crippen molar-refractivity contribution in [2.75, 3.05) is 13.6 Å². The predicted octanol–water partition coefficient (Wildman–Crippen LogP) is 1.62. The Morgan fingerprint density at radius 2 is 2.24 bits per heavy atom. The largest absolute Gasteiger partial charge is 0.362 e. The third-order valence-electron chi connectivity index (χ3n) is 2.83. The zero-order valence-corrected chi connectivity index (χ0v) is 12.1. The summed E-state index contributed by atoms with van der Waals surface area (Å²) in [4.78, 5) is 16.2. The number of amides is 1. The zero-order valence-electron chi connectivity index (χ0n) is 11.3. The van der Waals surface area contributed by atoms with Gasteiger partial charge in [0.15, 0.2) is 5.17 Å². The summed E-state index contributed by atoms with van der Waals surface area (Å²) in [5, 5.41) is 7.59. The van der Waals surface area contributed by atoms with Crippen molar-refractivity contribution >= 4 is 22.8 Å². The Balaban J connectivity index is 2.61. The molecule has 2 unspecified atom stereocenters. The normalized spacial score (nSPS) is 27.7. The maximum absolute atomic E-state index is 11.6. The quantitative estimate of drug-likeness (QED) is 0.808. The number of hydrogen-bond acceptors (Lipinski definition) is 3. The maximum atomic E-state index is 11.6. The summed E-state index contributed by atoms with van der Waals surface area (Å²) in [6, 6.07) is 0.466. The van der Waals surface area contributed by atoms with Crippen molar-refractivity contribution in [2.24, 2.45) is 10.4 Å². The number of carbonyl (C=O) groups excluding carboxylic acids is 1. The fraction of sp³-hybridized carbons (Fsp3) is 0.833. The highest BCUT2D eigenvalue weighted by molar-refractivity contribution is 8.14. The lowest BCUT2D eigenvalue weighted by atomic mass is 9.93. The van der Waals surface area contributed by atoms with E-state index in [-0.39, 0.29) is 5.91 Å². The molecule has 98 valence electrons. The highest BCUT2D eigenvalue weighted by atomic mass is 32.2. The Hall–Kier alpha value is -0.710. The van der Waals surface area contributed by atoms with E-state index in [1.807, 2.05) is 13.8 Å². The number of nitrogens with one attached hydrogen (secondary N) is 2. The van der Waals surface area contributed by atoms with Crippen molar-refractivity contribution in [3.8, 4) is 0 Å². The van der Waals surface area contributed by atoms with Crippen LogP contribution in [-0.2, 0) is 4.79 Å². The number of carbonyl (C=O) groups is 1. The molecule has 1 heterocycles. The van der Waals surface area contributed by atoms with Gasteiger partial charge >= 0.3 is 0 Å². The molecule has 0 aromatic carbocycles. The van der Waals surface area contributed by atoms with Crippen molar-refractivity contribution in [3.63, 3.8) is 0 Å². The molecule has 0 aliphatic carbocycles. The van der Waals surface area contributed by atoms with Crippen molar-refractivity contribution < 1.29 is 4.79 Å². The lowest BCUT2D eigenvalue weighted by Crippen LogP contribution is -2.40. The number of rotatable bonds is 3. The number of amidine groups is 1. The van der Waals surface area contributed by atoms with Crippen LogP contribution < -0.4 is 10.6 Å². The third kappa shape index (κ3) is 4.22. The molecule has 0 aromatic heterocycles. The van der Waals surface area contributed by atoms with Gasteiger partial charge in [-0.2, -0.15) is 0 Å². The van der Waals surface area contributed by atoms with E-state index in [0.717, 1.165) is 11.6 Å². The smallest absolute Gasteiger partial charge is 0.227 e. The van der Waals surface area contributed by atoms with Gasteiger partial charge in [0.1, 0.15) is 0 Å². The molecular weight excluding hydrogens is 234 g/mol. The van der Waals surface area contributed by atoms with Gasteiger partial charge in [0.2, 0.25) is 5.91 Å². The monoisotopic (exact) mass is 257 g/mol. The second-order valence-corrected chi connectivity index (χ2v) is 6.72. The van der Waals surface area contributed by atoms with Gasteiger partial charge in [0.25, 0.3) is 0 Å². The first-order valence-electron chi connectivity index (χ1n) is 6.05. The molecule has 1 rings (SSSR count). The molecule has 1 aliphatic rings. The van der Waals surface area contributed by atoms with Crippen molar-refractivity contribution in [2.45, 2.75) is 45.4 Å². The van der Waals surface area contributed by atoms with Crippen LogP contribution >= 0.6 is 11.8 Å². The van der Waals surface area contributed by atoms with Crippen molar-refractivity contribution in [1.29, 1.82) is 0 Å². The molecule has 0 radical (unpaired) electrons. The second kappa shape index (κ2) is 5.76. The molecule has 2 atom stereocenters. The van der Waals surface area contributed by atoms with Gasteiger partial charge in [-0.3, -0.25) is 9.79 Å². The van der Waals surface area contributed by atoms with Crippen LogP contribution in [0.25, 0.3) is 0 Å². The van der Waals surface area contributed by atoms with Crippen LogP contribution in [0.1, 0.15) is 34.1 Å². The SMILES string of the molecule is CNC(=O)C(C)(C)CN=C1NC(C)CC(C)S1. The van der Waals surface area contributed by atoms with E-state index < -0.39 is 5.41 Å². The molecule has 0 spiro atoms. The minimum atomic E-state index is -0.450. The number of aliphatic imine (C=N–C) groups is 1. The summed E-state index contributed by atoms with van der Waals surface area (Å²) in [7, 11) is 1.66. The number of thioether (sulfide) groups is 1. The summed E-state index contributed by atoms with van der Waals surface area (Å²) in [5.41, 5.74) is -0.450. The first-order chi connectivity index (χ1) is 7.85. The van der Waals surface area contributed by atoms with Gasteiger partial charge in [-0.05, 0) is 27.2 Å². The summed E-state index contributed by atoms with van der Waals surface area (Å²) in [6.07, 6.45) is 1.16. The highest BCUT2D eigenvalue weighted by Crippen LogP contribution is 2.23. The van der Waals surface area contributed by atoms with Crippen molar-refractivity contribution in [1.82, 2.24) is 10.6 Å². The average Bonchev–Trinajstić information content (AvgIpc) is 2.24. The van der Waals surface area contributed by atoms with Crippen LogP contribution in [0.4, 0.5) is 0 Å². The summed E-state index contributed by atoms with van der Waals surface area (Å²) in [6.45, 7) is 8.71. The second-order valence-electron chi connectivity index (χ2n) is 5.29. The van der Waals surface area contributed by atoms with Crippen LogP contribution in [0, 0.1) is 5.41 Å². The molecule has 1 aliphatic heterocycles. The average molecular weight is 257 g/mol. The van der Waals surface area contributed by atoms with Gasteiger partial charge in [-0.1, -0.05) is 18.7 Å². The number of hydrogen-bond donors (Lipinski definition) is 2. The molecule has 0 saturated carbocycles. The minimum Gasteiger partial charge on any atom is -0.362 e. The van der Waals surface area contributed by atoms with Crippen molar-refractivity contribution in [3.05, 3.63) is 0 Å². The third-order valence-corrected chi connectivity index (χ3v) is 3.89. The lowest BCUT2D eigenvalue weighted by molar-refractivity contribution is -0.128. The van der Waals surface area contributed by atoms with E-state index in [4.69, 9.17) is 0 Å². The van der Waals surface area contributed by atoms with Crippen LogP contribution in [0.15, 0.2) is 4.99 Å². The first-order valence-corrected chi connectivity index (χ1v) is 6.93. The van der Waals surface area contributed by atoms with Gasteiger partial charge in [-0.15, -0.1) is 0 Å². The fourth-order valence-electron chi connectivity index (χ4n) is 1.80. The Bertz CT molecular complexity index is 303. The van der Waals surface area contributed by atoms with Gasteiger partial charge < -0.3 is 10.6 Å². The highest BCUT2D eigenvalue weighted by Gasteiger charge is 2.27. The standard InChI is InChI=1S/C12H23N3OS/c1-8-6-9(2)17-11(15-8)14-7-12(3,4)10(16)13-5/h8-9H,6-7H2,1-5H3,(H,13,16)(H,14,15). The van der Waals surface area contributed by atoms with E-state index in [9.17, 15) is 4.79 Å². The molecule has 1 saturated heterocycles. The maximum Gasteiger partial charge on any atom is 0.227 e. The zero-order chi connectivity index (χ0) is 13.1. The van der Waals surface area contributed by atoms with Gasteiger partial charge in [0.05, 0.1) is 12.0 Å². The first kappa shape index (κ1) is 14.4. The van der Waals surface area contributed by atoms with E-state index >= 15 is 0 Å². The molecule has 2 N–H and O–H groups in total. The van der Waals surface area contributed by atoms with Crippen LogP contribution in [0.2, 0.25) is 0 Å². The van der Waals surface area contributed by atoms with E-state index in [2.05, 4.69) is 29.5 Å². The molecule has 5 heteroatoms. The molecule has 1 amide bonds. The Morgan fingerprint density at radius 3 is 2.76 bits per heavy atom. The minimum absolute atomic E-state index is 0.0313. The van der Waals surface area contributed by atoms with Crippen LogP contribution in [0.5, 0.6) is 0 Å². The molecule has 0 bridgehead atoms. The molecular formula is C12H23N3OS.